The summed E-state index contributed by atoms with van der Waals surface area (Å²) in [5.41, 5.74) is 0.819. The van der Waals surface area contributed by atoms with Crippen LogP contribution >= 0.6 is 23.7 Å². The van der Waals surface area contributed by atoms with Crippen LogP contribution in [-0.2, 0) is 13.0 Å². The van der Waals surface area contributed by atoms with Crippen molar-refractivity contribution in [3.8, 4) is 16.5 Å². The Morgan fingerprint density at radius 1 is 1.27 bits per heavy atom. The summed E-state index contributed by atoms with van der Waals surface area (Å²) in [5, 5.41) is 7.95. The van der Waals surface area contributed by atoms with Crippen LogP contribution < -0.4 is 10.1 Å². The summed E-state index contributed by atoms with van der Waals surface area (Å²) >= 11 is 1.45. The SMILES string of the molecule is CNC(C)Cc1noc(-c2sc(COc3ccc(F)cc3)nc2C)n1.Cl. The summed E-state index contributed by atoms with van der Waals surface area (Å²) in [7, 11) is 1.90. The molecule has 3 rings (SSSR count). The highest BCUT2D eigenvalue weighted by Crippen LogP contribution is 2.29. The van der Waals surface area contributed by atoms with Crippen molar-refractivity contribution in [2.75, 3.05) is 7.05 Å². The molecule has 0 aliphatic carbocycles. The van der Waals surface area contributed by atoms with Gasteiger partial charge in [0.15, 0.2) is 5.82 Å². The lowest BCUT2D eigenvalue weighted by molar-refractivity contribution is 0.305. The van der Waals surface area contributed by atoms with Crippen molar-refractivity contribution in [3.63, 3.8) is 0 Å². The molecule has 0 radical (unpaired) electrons. The van der Waals surface area contributed by atoms with Crippen LogP contribution in [0.15, 0.2) is 28.8 Å². The Morgan fingerprint density at radius 2 is 2.00 bits per heavy atom. The Kier molecular flexibility index (Phi) is 7.07. The third-order valence-corrected chi connectivity index (χ3v) is 4.78. The van der Waals surface area contributed by atoms with Crippen LogP contribution in [0.1, 0.15) is 23.4 Å². The molecule has 1 unspecified atom stereocenters. The lowest BCUT2D eigenvalue weighted by Crippen LogP contribution is -2.24. The molecule has 9 heteroatoms. The third kappa shape index (κ3) is 5.00. The second kappa shape index (κ2) is 9.07. The summed E-state index contributed by atoms with van der Waals surface area (Å²) in [6, 6.07) is 6.17. The van der Waals surface area contributed by atoms with Crippen molar-refractivity contribution in [1.82, 2.24) is 20.4 Å². The molecule has 0 spiro atoms. The lowest BCUT2D eigenvalue weighted by Gasteiger charge is -2.04. The third-order valence-electron chi connectivity index (χ3n) is 3.66. The average molecular weight is 399 g/mol. The molecule has 140 valence electrons. The predicted octanol–water partition coefficient (Wildman–Crippen LogP) is 3.79. The van der Waals surface area contributed by atoms with Crippen molar-refractivity contribution in [2.24, 2.45) is 0 Å². The number of hydrogen-bond donors (Lipinski definition) is 1. The molecule has 0 aliphatic heterocycles. The fraction of sp³-hybridized carbons (Fsp3) is 0.353. The number of aromatic nitrogens is 3. The molecule has 0 bridgehead atoms. The monoisotopic (exact) mass is 398 g/mol. The van der Waals surface area contributed by atoms with Gasteiger partial charge in [0, 0.05) is 12.5 Å². The van der Waals surface area contributed by atoms with Gasteiger partial charge in [0.25, 0.3) is 5.89 Å². The second-order valence-corrected chi connectivity index (χ2v) is 6.76. The predicted molar refractivity (Wildman–Crippen MR) is 100 cm³/mol. The Labute approximate surface area is 161 Å². The minimum Gasteiger partial charge on any atom is -0.486 e. The van der Waals surface area contributed by atoms with Crippen molar-refractivity contribution in [1.29, 1.82) is 0 Å². The summed E-state index contributed by atoms with van der Waals surface area (Å²) in [6.07, 6.45) is 0.693. The summed E-state index contributed by atoms with van der Waals surface area (Å²) in [4.78, 5) is 9.77. The van der Waals surface area contributed by atoms with E-state index < -0.39 is 0 Å². The highest BCUT2D eigenvalue weighted by molar-refractivity contribution is 7.15. The molecule has 2 aromatic heterocycles. The molecule has 0 fully saturated rings. The number of halogens is 2. The highest BCUT2D eigenvalue weighted by atomic mass is 35.5. The van der Waals surface area contributed by atoms with Crippen LogP contribution in [0.25, 0.3) is 10.8 Å². The largest absolute Gasteiger partial charge is 0.486 e. The van der Waals surface area contributed by atoms with Crippen LogP contribution in [0, 0.1) is 12.7 Å². The maximum absolute atomic E-state index is 12.9. The molecule has 0 saturated carbocycles. The van der Waals surface area contributed by atoms with Gasteiger partial charge in [-0.15, -0.1) is 23.7 Å². The van der Waals surface area contributed by atoms with Gasteiger partial charge in [-0.3, -0.25) is 0 Å². The number of ether oxygens (including phenoxy) is 1. The molecular formula is C17H20ClFN4O2S. The maximum atomic E-state index is 12.9. The van der Waals surface area contributed by atoms with Crippen molar-refractivity contribution < 1.29 is 13.7 Å². The number of thiazole rings is 1. The van der Waals surface area contributed by atoms with E-state index in [4.69, 9.17) is 9.26 Å². The second-order valence-electron chi connectivity index (χ2n) is 5.67. The highest BCUT2D eigenvalue weighted by Gasteiger charge is 2.17. The van der Waals surface area contributed by atoms with E-state index in [-0.39, 0.29) is 24.3 Å². The van der Waals surface area contributed by atoms with Crippen molar-refractivity contribution in [2.45, 2.75) is 32.9 Å². The molecule has 1 N–H and O–H groups in total. The molecule has 1 atom stereocenters. The molecule has 1 aromatic carbocycles. The zero-order valence-corrected chi connectivity index (χ0v) is 16.3. The Bertz CT molecular complexity index is 838. The number of benzene rings is 1. The van der Waals surface area contributed by atoms with Crippen LogP contribution in [0.3, 0.4) is 0 Å². The molecule has 6 nitrogen and oxygen atoms in total. The van der Waals surface area contributed by atoms with E-state index in [0.717, 1.165) is 15.6 Å². The summed E-state index contributed by atoms with van der Waals surface area (Å²) < 4.78 is 23.9. The van der Waals surface area contributed by atoms with Crippen LogP contribution in [0.2, 0.25) is 0 Å². The molecule has 26 heavy (non-hydrogen) atoms. The first kappa shape index (κ1) is 20.3. The van der Waals surface area contributed by atoms with E-state index in [1.54, 1.807) is 12.1 Å². The van der Waals surface area contributed by atoms with Gasteiger partial charge in [0.05, 0.1) is 5.69 Å². The number of aryl methyl sites for hydroxylation is 1. The first-order valence-electron chi connectivity index (χ1n) is 7.90. The lowest BCUT2D eigenvalue weighted by atomic mass is 10.2. The molecule has 2 heterocycles. The quantitative estimate of drug-likeness (QED) is 0.652. The molecule has 0 amide bonds. The number of likely N-dealkylation sites (N-methyl/N-ethyl adjacent to an activating group) is 1. The van der Waals surface area contributed by atoms with Gasteiger partial charge < -0.3 is 14.6 Å². The van der Waals surface area contributed by atoms with Gasteiger partial charge in [0.2, 0.25) is 0 Å². The Morgan fingerprint density at radius 3 is 2.69 bits per heavy atom. The first-order chi connectivity index (χ1) is 12.0. The van der Waals surface area contributed by atoms with Gasteiger partial charge >= 0.3 is 0 Å². The summed E-state index contributed by atoms with van der Waals surface area (Å²) in [6.45, 7) is 4.25. The van der Waals surface area contributed by atoms with Crippen LogP contribution in [0.4, 0.5) is 4.39 Å². The molecule has 3 aromatic rings. The van der Waals surface area contributed by atoms with Gasteiger partial charge in [-0.25, -0.2) is 9.37 Å². The Hall–Kier alpha value is -2.03. The fourth-order valence-corrected chi connectivity index (χ4v) is 3.09. The molecule has 0 saturated heterocycles. The van der Waals surface area contributed by atoms with E-state index >= 15 is 0 Å². The van der Waals surface area contributed by atoms with Crippen LogP contribution in [0.5, 0.6) is 5.75 Å². The van der Waals surface area contributed by atoms with Crippen LogP contribution in [-0.4, -0.2) is 28.2 Å². The average Bonchev–Trinajstić information content (AvgIpc) is 3.20. The number of hydrogen-bond acceptors (Lipinski definition) is 7. The van der Waals surface area contributed by atoms with Gasteiger partial charge in [-0.2, -0.15) is 4.98 Å². The first-order valence-corrected chi connectivity index (χ1v) is 8.71. The number of nitrogens with one attached hydrogen (secondary N) is 1. The zero-order chi connectivity index (χ0) is 17.8. The topological polar surface area (TPSA) is 73.1 Å². The number of rotatable bonds is 7. The van der Waals surface area contributed by atoms with E-state index in [2.05, 4.69) is 27.4 Å². The van der Waals surface area contributed by atoms with E-state index in [1.165, 1.54) is 23.5 Å². The van der Waals surface area contributed by atoms with Crippen molar-refractivity contribution >= 4 is 23.7 Å². The minimum absolute atomic E-state index is 0. The summed E-state index contributed by atoms with van der Waals surface area (Å²) in [5.74, 6) is 1.44. The Balaban J connectivity index is 0.00000243. The van der Waals surface area contributed by atoms with Gasteiger partial charge in [-0.05, 0) is 45.2 Å². The van der Waals surface area contributed by atoms with E-state index in [0.29, 0.717) is 30.5 Å². The minimum atomic E-state index is -0.292. The van der Waals surface area contributed by atoms with E-state index in [9.17, 15) is 4.39 Å². The molecular weight excluding hydrogens is 379 g/mol. The number of nitrogens with zero attached hydrogens (tertiary/aromatic N) is 3. The van der Waals surface area contributed by atoms with Gasteiger partial charge in [0.1, 0.15) is 28.1 Å². The van der Waals surface area contributed by atoms with E-state index in [1.807, 2.05) is 14.0 Å². The standard InChI is InChI=1S/C17H19FN4O2S.ClH/c1-10(19-3)8-14-21-17(24-22-14)16-11(2)20-15(25-16)9-23-13-6-4-12(18)5-7-13;/h4-7,10,19H,8-9H2,1-3H3;1H. The normalized spacial score (nSPS) is 11.8. The smallest absolute Gasteiger partial charge is 0.269 e. The maximum Gasteiger partial charge on any atom is 0.269 e. The van der Waals surface area contributed by atoms with Crippen molar-refractivity contribution in [3.05, 3.63) is 46.6 Å². The zero-order valence-electron chi connectivity index (χ0n) is 14.7. The van der Waals surface area contributed by atoms with Gasteiger partial charge in [-0.1, -0.05) is 5.16 Å². The fourth-order valence-electron chi connectivity index (χ4n) is 2.19. The molecule has 0 aliphatic rings.